The fraction of sp³-hybridized carbons (Fsp3) is 0.360. The van der Waals surface area contributed by atoms with E-state index in [1.165, 1.54) is 42.2 Å². The Balaban J connectivity index is 1.47. The number of nitrogens with zero attached hydrogens (tertiary/aromatic N) is 7. The van der Waals surface area contributed by atoms with Gasteiger partial charge in [0.05, 0.1) is 33.4 Å². The number of sulfonamides is 2. The minimum absolute atomic E-state index is 0.0442. The van der Waals surface area contributed by atoms with Crippen LogP contribution in [0.5, 0.6) is 17.2 Å². The van der Waals surface area contributed by atoms with Crippen molar-refractivity contribution in [3.05, 3.63) is 120 Å². The molecule has 1 aliphatic heterocycles. The Kier molecular flexibility index (Phi) is 15.9. The number of carbonyl (C=O) groups is 2. The minimum Gasteiger partial charge on any atom is -0.497 e. The largest absolute Gasteiger partial charge is 0.497 e. The van der Waals surface area contributed by atoms with Crippen molar-refractivity contribution in [3.63, 3.8) is 0 Å². The molecule has 1 atom stereocenters. The molecule has 2 amide bonds. The van der Waals surface area contributed by atoms with Crippen molar-refractivity contribution in [2.45, 2.75) is 94.6 Å². The van der Waals surface area contributed by atoms with Gasteiger partial charge in [-0.15, -0.1) is 10.2 Å². The van der Waals surface area contributed by atoms with Gasteiger partial charge in [-0.3, -0.25) is 5.32 Å². The maximum Gasteiger partial charge on any atom is 0.413 e. The maximum atomic E-state index is 16.2. The lowest BCUT2D eigenvalue weighted by Gasteiger charge is -2.27. The summed E-state index contributed by atoms with van der Waals surface area (Å²) in [7, 11) is -5.31. The molecule has 1 saturated heterocycles. The zero-order valence-corrected chi connectivity index (χ0v) is 43.2. The number of hydrogen-bond acceptors (Lipinski definition) is 15. The predicted molar refractivity (Wildman–Crippen MR) is 267 cm³/mol. The van der Waals surface area contributed by atoms with Gasteiger partial charge in [0.25, 0.3) is 0 Å². The molecule has 72 heavy (non-hydrogen) atoms. The van der Waals surface area contributed by atoms with E-state index >= 15 is 16.8 Å². The SMILES string of the molecule is COc1ccc(CN(Cc2ccc(OC)cc2)S(=O)(=O)c2c(S(=O)(=O)N[C@@H]3CCN(C(=O)OC(C)(C)C)C3)ccc(-c3cccnc3NC(=O)OC(C)(C)C)c2-c2nnn(Cc3ccc(OC)cc3)n2)cc1. The number of aromatic nitrogens is 5. The van der Waals surface area contributed by atoms with Gasteiger partial charge >= 0.3 is 12.2 Å². The Hall–Kier alpha value is -7.14. The van der Waals surface area contributed by atoms with Gasteiger partial charge in [-0.2, -0.15) is 9.10 Å². The lowest BCUT2D eigenvalue weighted by molar-refractivity contribution is 0.0291. The molecule has 0 bridgehead atoms. The number of pyridine rings is 1. The van der Waals surface area contributed by atoms with Crippen LogP contribution in [0.15, 0.2) is 113 Å². The molecule has 3 heterocycles. The highest BCUT2D eigenvalue weighted by Gasteiger charge is 2.40. The van der Waals surface area contributed by atoms with Crippen LogP contribution >= 0.6 is 0 Å². The van der Waals surface area contributed by atoms with E-state index in [9.17, 15) is 9.59 Å². The van der Waals surface area contributed by atoms with Crippen LogP contribution in [0.1, 0.15) is 64.7 Å². The predicted octanol–water partition coefficient (Wildman–Crippen LogP) is 7.50. The van der Waals surface area contributed by atoms with Gasteiger partial charge in [-0.1, -0.05) is 42.5 Å². The monoisotopic (exact) mass is 1030 g/mol. The summed E-state index contributed by atoms with van der Waals surface area (Å²) in [5.74, 6) is 1.37. The van der Waals surface area contributed by atoms with Crippen LogP contribution in [-0.2, 0) is 49.2 Å². The summed E-state index contributed by atoms with van der Waals surface area (Å²) in [6.45, 7) is 9.95. The van der Waals surface area contributed by atoms with Crippen molar-refractivity contribution in [1.29, 1.82) is 0 Å². The van der Waals surface area contributed by atoms with Crippen molar-refractivity contribution in [3.8, 4) is 39.8 Å². The topological polar surface area (TPSA) is 236 Å². The summed E-state index contributed by atoms with van der Waals surface area (Å²) in [6, 6.07) is 25.6. The van der Waals surface area contributed by atoms with Crippen LogP contribution in [0.25, 0.3) is 22.5 Å². The number of benzene rings is 4. The Bertz CT molecular complexity index is 3050. The molecular formula is C50H59N9O11S2. The van der Waals surface area contributed by atoms with E-state index in [1.807, 2.05) is 0 Å². The van der Waals surface area contributed by atoms with Gasteiger partial charge in [0.2, 0.25) is 25.9 Å². The van der Waals surface area contributed by atoms with E-state index in [4.69, 9.17) is 28.8 Å². The quantitative estimate of drug-likeness (QED) is 0.0900. The molecule has 0 radical (unpaired) electrons. The molecule has 7 rings (SSSR count). The number of anilines is 1. The molecule has 2 N–H and O–H groups in total. The maximum absolute atomic E-state index is 16.2. The zero-order valence-electron chi connectivity index (χ0n) is 41.6. The second kappa shape index (κ2) is 21.7. The Morgan fingerprint density at radius 2 is 1.28 bits per heavy atom. The number of nitrogens with one attached hydrogen (secondary N) is 2. The van der Waals surface area contributed by atoms with E-state index in [0.29, 0.717) is 28.4 Å². The summed E-state index contributed by atoms with van der Waals surface area (Å²) in [4.78, 5) is 32.2. The molecule has 0 aliphatic carbocycles. The molecule has 20 nitrogen and oxygen atoms in total. The molecule has 1 aliphatic rings. The fourth-order valence-electron chi connectivity index (χ4n) is 7.76. The van der Waals surface area contributed by atoms with Crippen LogP contribution in [0.2, 0.25) is 0 Å². The third-order valence-corrected chi connectivity index (χ3v) is 14.7. The zero-order chi connectivity index (χ0) is 52.0. The van der Waals surface area contributed by atoms with Gasteiger partial charge in [0.15, 0.2) is 0 Å². The molecule has 2 aromatic heterocycles. The van der Waals surface area contributed by atoms with Gasteiger partial charge < -0.3 is 28.6 Å². The minimum atomic E-state index is -5.04. The van der Waals surface area contributed by atoms with Crippen LogP contribution < -0.4 is 24.2 Å². The standard InChI is InChI=1S/C50H59N9O11S2/c1-49(2,3)69-47(60)52-45-41(11-10-27-51-45)40-24-25-42(71(62,63)55-36-26-28-57(32-36)48(61)70-50(4,5)6)44(43(40)46-53-56-59(54-46)31-35-16-22-39(68-9)23-17-35)72(64,65)58(29-33-12-18-37(66-7)19-13-33)30-34-14-20-38(67-8)21-15-34/h10-25,27,36,55H,26,28-32H2,1-9H3,(H,51,52,60)/t36-/m1/s1. The summed E-state index contributed by atoms with van der Waals surface area (Å²) in [6.07, 6.45) is 0.144. The molecular weight excluding hydrogens is 967 g/mol. The molecule has 382 valence electrons. The molecule has 0 unspecified atom stereocenters. The first-order valence-corrected chi connectivity index (χ1v) is 25.8. The van der Waals surface area contributed by atoms with Crippen LogP contribution in [0.3, 0.4) is 0 Å². The van der Waals surface area contributed by atoms with Crippen LogP contribution in [-0.4, -0.2) is 115 Å². The Labute approximate surface area is 419 Å². The highest BCUT2D eigenvalue weighted by molar-refractivity contribution is 7.92. The second-order valence-electron chi connectivity index (χ2n) is 18.8. The lowest BCUT2D eigenvalue weighted by Crippen LogP contribution is -2.41. The normalized spacial score (nSPS) is 14.2. The number of carbonyl (C=O) groups excluding carboxylic acids is 2. The van der Waals surface area contributed by atoms with E-state index in [2.05, 4.69) is 25.3 Å². The average molecular weight is 1030 g/mol. The second-order valence-corrected chi connectivity index (χ2v) is 22.4. The third-order valence-electron chi connectivity index (χ3n) is 11.1. The van der Waals surface area contributed by atoms with Crippen LogP contribution in [0.4, 0.5) is 15.4 Å². The first-order chi connectivity index (χ1) is 34.0. The Morgan fingerprint density at radius 3 is 1.82 bits per heavy atom. The molecule has 6 aromatic rings. The third kappa shape index (κ3) is 13.0. The number of likely N-dealkylation sites (tertiary alicyclic amines) is 1. The Morgan fingerprint density at radius 1 is 0.722 bits per heavy atom. The van der Waals surface area contributed by atoms with Gasteiger partial charge in [0, 0.05) is 44.0 Å². The lowest BCUT2D eigenvalue weighted by atomic mass is 9.99. The number of hydrogen-bond donors (Lipinski definition) is 2. The van der Waals surface area contributed by atoms with E-state index in [-0.39, 0.29) is 67.5 Å². The van der Waals surface area contributed by atoms with E-state index in [1.54, 1.807) is 134 Å². The first kappa shape index (κ1) is 52.7. The number of methoxy groups -OCH3 is 3. The molecule has 0 saturated carbocycles. The van der Waals surface area contributed by atoms with Crippen molar-refractivity contribution in [2.24, 2.45) is 0 Å². The fourth-order valence-corrected chi connectivity index (χ4v) is 11.4. The van der Waals surface area contributed by atoms with E-state index in [0.717, 1.165) is 9.87 Å². The molecule has 4 aromatic carbocycles. The molecule has 1 fully saturated rings. The van der Waals surface area contributed by atoms with Crippen LogP contribution in [0, 0.1) is 0 Å². The van der Waals surface area contributed by atoms with Gasteiger partial charge in [0.1, 0.15) is 44.1 Å². The summed E-state index contributed by atoms with van der Waals surface area (Å²) in [5.41, 5.74) is 0.0892. The number of amides is 2. The number of rotatable bonds is 17. The summed E-state index contributed by atoms with van der Waals surface area (Å²) < 4.78 is 94.0. The number of tetrazole rings is 1. The van der Waals surface area contributed by atoms with E-state index < -0.39 is 59.3 Å². The van der Waals surface area contributed by atoms with Crippen molar-refractivity contribution >= 4 is 38.1 Å². The van der Waals surface area contributed by atoms with Gasteiger partial charge in [-0.25, -0.2) is 36.1 Å². The van der Waals surface area contributed by atoms with Crippen molar-refractivity contribution in [1.82, 2.24) is 39.1 Å². The highest BCUT2D eigenvalue weighted by atomic mass is 32.2. The first-order valence-electron chi connectivity index (χ1n) is 22.9. The molecule has 22 heteroatoms. The smallest absolute Gasteiger partial charge is 0.413 e. The average Bonchev–Trinajstić information content (AvgIpc) is 4.00. The van der Waals surface area contributed by atoms with Gasteiger partial charge in [-0.05, 0) is 130 Å². The van der Waals surface area contributed by atoms with Crippen molar-refractivity contribution in [2.75, 3.05) is 39.7 Å². The number of ether oxygens (including phenoxy) is 5. The van der Waals surface area contributed by atoms with Crippen molar-refractivity contribution < 1.29 is 50.1 Å². The summed E-state index contributed by atoms with van der Waals surface area (Å²) in [5, 5.41) is 16.1. The summed E-state index contributed by atoms with van der Waals surface area (Å²) >= 11 is 0. The molecule has 0 spiro atoms. The highest BCUT2D eigenvalue weighted by Crippen LogP contribution is 2.43.